The maximum Gasteiger partial charge on any atom is 0.0575 e. The van der Waals surface area contributed by atoms with E-state index in [1.807, 2.05) is 0 Å². The van der Waals surface area contributed by atoms with Gasteiger partial charge in [0, 0.05) is 0 Å². The summed E-state index contributed by atoms with van der Waals surface area (Å²) in [5.74, 6) is 3.00. The van der Waals surface area contributed by atoms with Gasteiger partial charge < -0.3 is 4.74 Å². The van der Waals surface area contributed by atoms with Crippen molar-refractivity contribution in [2.45, 2.75) is 83.7 Å². The number of hydrogen-bond acceptors (Lipinski definition) is 1. The third kappa shape index (κ3) is 5.91. The number of ether oxygens (including phenoxy) is 1. The van der Waals surface area contributed by atoms with Crippen LogP contribution in [-0.2, 0) is 4.74 Å². The quantitative estimate of drug-likeness (QED) is 0.377. The van der Waals surface area contributed by atoms with Gasteiger partial charge in [0.15, 0.2) is 0 Å². The molecule has 0 saturated heterocycles. The SMILES string of the molecule is C=CCCC1CCC(C2CCC(OCCC=CC)CC2)CC1. The van der Waals surface area contributed by atoms with E-state index in [0.717, 1.165) is 30.8 Å². The van der Waals surface area contributed by atoms with Gasteiger partial charge in [-0.1, -0.05) is 31.1 Å². The first-order valence-electron chi connectivity index (χ1n) is 9.67. The molecule has 0 aliphatic heterocycles. The molecule has 0 radical (unpaired) electrons. The lowest BCUT2D eigenvalue weighted by Gasteiger charge is -2.37. The van der Waals surface area contributed by atoms with Gasteiger partial charge in [0.2, 0.25) is 0 Å². The molecule has 2 aliphatic rings. The van der Waals surface area contributed by atoms with Crippen molar-refractivity contribution in [1.29, 1.82) is 0 Å². The minimum Gasteiger partial charge on any atom is -0.378 e. The van der Waals surface area contributed by atoms with Gasteiger partial charge in [0.05, 0.1) is 12.7 Å². The van der Waals surface area contributed by atoms with E-state index >= 15 is 0 Å². The molecule has 1 heteroatoms. The molecule has 0 atom stereocenters. The predicted octanol–water partition coefficient (Wildman–Crippen LogP) is 6.30. The molecular weight excluding hydrogens is 268 g/mol. The topological polar surface area (TPSA) is 9.23 Å². The van der Waals surface area contributed by atoms with Gasteiger partial charge in [0.25, 0.3) is 0 Å². The fourth-order valence-corrected chi connectivity index (χ4v) is 4.50. The zero-order valence-electron chi connectivity index (χ0n) is 14.6. The lowest BCUT2D eigenvalue weighted by atomic mass is 9.70. The summed E-state index contributed by atoms with van der Waals surface area (Å²) in [6.07, 6.45) is 22.0. The third-order valence-corrected chi connectivity index (χ3v) is 5.93. The molecule has 2 fully saturated rings. The van der Waals surface area contributed by atoms with Gasteiger partial charge >= 0.3 is 0 Å². The van der Waals surface area contributed by atoms with Crippen LogP contribution in [0.25, 0.3) is 0 Å². The Kier molecular flexibility index (Phi) is 8.30. The number of hydrogen-bond donors (Lipinski definition) is 0. The van der Waals surface area contributed by atoms with Gasteiger partial charge in [-0.05, 0) is 82.5 Å². The molecule has 0 heterocycles. The van der Waals surface area contributed by atoms with E-state index in [1.165, 1.54) is 64.2 Å². The summed E-state index contributed by atoms with van der Waals surface area (Å²) < 4.78 is 6.02. The molecule has 0 aromatic rings. The second-order valence-corrected chi connectivity index (χ2v) is 7.41. The van der Waals surface area contributed by atoms with Crippen molar-refractivity contribution in [3.63, 3.8) is 0 Å². The summed E-state index contributed by atoms with van der Waals surface area (Å²) in [7, 11) is 0. The van der Waals surface area contributed by atoms with Crippen molar-refractivity contribution in [2.24, 2.45) is 17.8 Å². The number of rotatable bonds is 8. The Labute approximate surface area is 138 Å². The van der Waals surface area contributed by atoms with E-state index in [1.54, 1.807) is 0 Å². The van der Waals surface area contributed by atoms with Crippen molar-refractivity contribution in [3.8, 4) is 0 Å². The third-order valence-electron chi connectivity index (χ3n) is 5.93. The summed E-state index contributed by atoms with van der Waals surface area (Å²) in [6.45, 7) is 6.85. The van der Waals surface area contributed by atoms with Crippen LogP contribution in [0.2, 0.25) is 0 Å². The van der Waals surface area contributed by atoms with Crippen LogP contribution in [0.1, 0.15) is 77.6 Å². The highest BCUT2D eigenvalue weighted by atomic mass is 16.5. The highest BCUT2D eigenvalue weighted by Gasteiger charge is 2.30. The minimum atomic E-state index is 0.547. The van der Waals surface area contributed by atoms with Gasteiger partial charge in [-0.3, -0.25) is 0 Å². The molecular formula is C21H36O. The van der Waals surface area contributed by atoms with Gasteiger partial charge in [0.1, 0.15) is 0 Å². The fourth-order valence-electron chi connectivity index (χ4n) is 4.50. The molecule has 0 bridgehead atoms. The monoisotopic (exact) mass is 304 g/mol. The van der Waals surface area contributed by atoms with Crippen LogP contribution in [-0.4, -0.2) is 12.7 Å². The normalized spacial score (nSPS) is 33.1. The molecule has 1 nitrogen and oxygen atoms in total. The highest BCUT2D eigenvalue weighted by molar-refractivity contribution is 4.83. The second-order valence-electron chi connectivity index (χ2n) is 7.41. The Morgan fingerprint density at radius 2 is 1.55 bits per heavy atom. The molecule has 0 amide bonds. The smallest absolute Gasteiger partial charge is 0.0575 e. The average molecular weight is 305 g/mol. The van der Waals surface area contributed by atoms with E-state index in [0.29, 0.717) is 6.10 Å². The van der Waals surface area contributed by atoms with Crippen molar-refractivity contribution < 1.29 is 4.74 Å². The van der Waals surface area contributed by atoms with E-state index in [-0.39, 0.29) is 0 Å². The summed E-state index contributed by atoms with van der Waals surface area (Å²) in [5.41, 5.74) is 0. The van der Waals surface area contributed by atoms with E-state index in [4.69, 9.17) is 4.74 Å². The second kappa shape index (κ2) is 10.3. The van der Waals surface area contributed by atoms with Gasteiger partial charge in [-0.2, -0.15) is 0 Å². The Balaban J connectivity index is 1.60. The van der Waals surface area contributed by atoms with Crippen LogP contribution in [0.5, 0.6) is 0 Å². The van der Waals surface area contributed by atoms with Crippen molar-refractivity contribution in [2.75, 3.05) is 6.61 Å². The van der Waals surface area contributed by atoms with E-state index in [2.05, 4.69) is 31.7 Å². The molecule has 0 aromatic heterocycles. The lowest BCUT2D eigenvalue weighted by molar-refractivity contribution is 0.00913. The van der Waals surface area contributed by atoms with Crippen LogP contribution in [0, 0.1) is 17.8 Å². The summed E-state index contributed by atoms with van der Waals surface area (Å²) >= 11 is 0. The largest absolute Gasteiger partial charge is 0.378 e. The van der Waals surface area contributed by atoms with Crippen LogP contribution >= 0.6 is 0 Å². The van der Waals surface area contributed by atoms with Gasteiger partial charge in [-0.15, -0.1) is 6.58 Å². The molecule has 0 spiro atoms. The van der Waals surface area contributed by atoms with Crippen LogP contribution in [0.15, 0.2) is 24.8 Å². The Morgan fingerprint density at radius 1 is 0.909 bits per heavy atom. The predicted molar refractivity (Wildman–Crippen MR) is 96.0 cm³/mol. The summed E-state index contributed by atoms with van der Waals surface area (Å²) in [5, 5.41) is 0. The first kappa shape index (κ1) is 17.8. The fraction of sp³-hybridized carbons (Fsp3) is 0.810. The molecule has 2 rings (SSSR count). The highest BCUT2D eigenvalue weighted by Crippen LogP contribution is 2.41. The van der Waals surface area contributed by atoms with Crippen molar-refractivity contribution in [3.05, 3.63) is 24.8 Å². The van der Waals surface area contributed by atoms with Crippen LogP contribution in [0.4, 0.5) is 0 Å². The maximum absolute atomic E-state index is 6.02. The standard InChI is InChI=1S/C21H36O/c1-3-5-7-17-22-21-15-13-20(14-16-21)19-11-9-18(10-12-19)8-6-4-2/h3-5,18-21H,2,6-17H2,1H3. The first-order chi connectivity index (χ1) is 10.8. The summed E-state index contributed by atoms with van der Waals surface area (Å²) in [6, 6.07) is 0. The molecule has 2 saturated carbocycles. The molecule has 0 aromatic carbocycles. The average Bonchev–Trinajstić information content (AvgIpc) is 2.58. The van der Waals surface area contributed by atoms with Crippen LogP contribution < -0.4 is 0 Å². The Morgan fingerprint density at radius 3 is 2.14 bits per heavy atom. The molecule has 0 N–H and O–H groups in total. The first-order valence-corrected chi connectivity index (χ1v) is 9.67. The van der Waals surface area contributed by atoms with E-state index < -0.39 is 0 Å². The molecule has 126 valence electrons. The maximum atomic E-state index is 6.02. The van der Waals surface area contributed by atoms with Crippen molar-refractivity contribution in [1.82, 2.24) is 0 Å². The molecule has 22 heavy (non-hydrogen) atoms. The zero-order valence-corrected chi connectivity index (χ0v) is 14.6. The van der Waals surface area contributed by atoms with Gasteiger partial charge in [-0.25, -0.2) is 0 Å². The molecule has 2 aliphatic carbocycles. The Bertz CT molecular complexity index is 317. The number of allylic oxidation sites excluding steroid dienone is 2. The van der Waals surface area contributed by atoms with Crippen molar-refractivity contribution >= 4 is 0 Å². The molecule has 0 unspecified atom stereocenters. The minimum absolute atomic E-state index is 0.547. The van der Waals surface area contributed by atoms with E-state index in [9.17, 15) is 0 Å². The zero-order chi connectivity index (χ0) is 15.6. The van der Waals surface area contributed by atoms with Crippen LogP contribution in [0.3, 0.4) is 0 Å². The summed E-state index contributed by atoms with van der Waals surface area (Å²) in [4.78, 5) is 0. The Hall–Kier alpha value is -0.560. The lowest BCUT2D eigenvalue weighted by Crippen LogP contribution is -2.28.